The van der Waals surface area contributed by atoms with Crippen LogP contribution in [0.5, 0.6) is 0 Å². The van der Waals surface area contributed by atoms with Crippen LogP contribution in [0.25, 0.3) is 0 Å². The first kappa shape index (κ1) is 6.99. The van der Waals surface area contributed by atoms with Crippen LogP contribution in [0.2, 0.25) is 0 Å². The van der Waals surface area contributed by atoms with E-state index in [0.29, 0.717) is 6.04 Å². The van der Waals surface area contributed by atoms with E-state index in [2.05, 4.69) is 10.1 Å². The normalized spacial score (nSPS) is 28.0. The van der Waals surface area contributed by atoms with Crippen LogP contribution in [-0.4, -0.2) is 31.1 Å². The zero-order valence-electron chi connectivity index (χ0n) is 5.63. The second-order valence-electron chi connectivity index (χ2n) is 2.37. The van der Waals surface area contributed by atoms with Gasteiger partial charge in [0.2, 0.25) is 0 Å². The third kappa shape index (κ3) is 2.79. The molecule has 0 amide bonds. The molecule has 2 unspecified atom stereocenters. The number of nitrogens with one attached hydrogen (secondary N) is 1. The van der Waals surface area contributed by atoms with Crippen molar-refractivity contribution in [2.24, 2.45) is 0 Å². The van der Waals surface area contributed by atoms with Crippen molar-refractivity contribution >= 4 is 0 Å². The van der Waals surface area contributed by atoms with Crippen molar-refractivity contribution in [2.75, 3.05) is 13.7 Å². The van der Waals surface area contributed by atoms with E-state index >= 15 is 0 Å². The Hall–Kier alpha value is -0.120. The minimum absolute atomic E-state index is 0.563. The van der Waals surface area contributed by atoms with Crippen LogP contribution in [-0.2, 0) is 4.74 Å². The number of rotatable bonds is 4. The summed E-state index contributed by atoms with van der Waals surface area (Å²) in [4.78, 5) is 0. The Morgan fingerprint density at radius 1 is 1.89 bits per heavy atom. The Labute approximate surface area is 55.0 Å². The van der Waals surface area contributed by atoms with Gasteiger partial charge < -0.3 is 15.2 Å². The van der Waals surface area contributed by atoms with Gasteiger partial charge in [-0.1, -0.05) is 0 Å². The van der Waals surface area contributed by atoms with Crippen LogP contribution >= 0.6 is 0 Å². The van der Waals surface area contributed by atoms with Crippen LogP contribution in [0.1, 0.15) is 12.8 Å². The topological polar surface area (TPSA) is 51.4 Å². The maximum Gasteiger partial charge on any atom is 0.154 e. The molecule has 0 spiro atoms. The SMILES string of the molecule is COC(O)CCC1CN1. The summed E-state index contributed by atoms with van der Waals surface area (Å²) in [6, 6.07) is 0.648. The third-order valence-corrected chi connectivity index (χ3v) is 1.53. The maximum absolute atomic E-state index is 8.88. The van der Waals surface area contributed by atoms with E-state index in [0.717, 1.165) is 19.4 Å². The molecule has 54 valence electrons. The van der Waals surface area contributed by atoms with E-state index in [1.54, 1.807) is 0 Å². The van der Waals surface area contributed by atoms with Crippen molar-refractivity contribution in [3.05, 3.63) is 0 Å². The second-order valence-corrected chi connectivity index (χ2v) is 2.37. The van der Waals surface area contributed by atoms with Crippen LogP contribution < -0.4 is 5.32 Å². The molecule has 0 radical (unpaired) electrons. The van der Waals surface area contributed by atoms with Crippen molar-refractivity contribution < 1.29 is 9.84 Å². The van der Waals surface area contributed by atoms with Gasteiger partial charge in [0, 0.05) is 19.7 Å². The van der Waals surface area contributed by atoms with E-state index in [9.17, 15) is 0 Å². The third-order valence-electron chi connectivity index (χ3n) is 1.53. The summed E-state index contributed by atoms with van der Waals surface area (Å²) >= 11 is 0. The minimum atomic E-state index is -0.563. The van der Waals surface area contributed by atoms with E-state index < -0.39 is 6.29 Å². The Morgan fingerprint density at radius 2 is 2.56 bits per heavy atom. The highest BCUT2D eigenvalue weighted by Crippen LogP contribution is 2.08. The van der Waals surface area contributed by atoms with Crippen molar-refractivity contribution in [2.45, 2.75) is 25.2 Å². The Bertz CT molecular complexity index is 83.1. The maximum atomic E-state index is 8.88. The lowest BCUT2D eigenvalue weighted by atomic mass is 10.2. The van der Waals surface area contributed by atoms with Crippen LogP contribution in [0, 0.1) is 0 Å². The number of ether oxygens (including phenoxy) is 1. The first-order chi connectivity index (χ1) is 4.33. The molecule has 1 aliphatic heterocycles. The molecular weight excluding hydrogens is 118 g/mol. The van der Waals surface area contributed by atoms with Crippen molar-refractivity contribution in [1.29, 1.82) is 0 Å². The number of hydrogen-bond acceptors (Lipinski definition) is 3. The molecule has 3 nitrogen and oxygen atoms in total. The van der Waals surface area contributed by atoms with E-state index in [1.807, 2.05) is 0 Å². The van der Waals surface area contributed by atoms with Gasteiger partial charge in [0.05, 0.1) is 0 Å². The lowest BCUT2D eigenvalue weighted by molar-refractivity contribution is -0.0790. The standard InChI is InChI=1S/C6H13NO2/c1-9-6(8)3-2-5-4-7-5/h5-8H,2-4H2,1H3. The zero-order valence-corrected chi connectivity index (χ0v) is 5.63. The van der Waals surface area contributed by atoms with Gasteiger partial charge in [-0.2, -0.15) is 0 Å². The van der Waals surface area contributed by atoms with Gasteiger partial charge in [0.25, 0.3) is 0 Å². The summed E-state index contributed by atoms with van der Waals surface area (Å²) in [6.07, 6.45) is 1.20. The molecule has 1 rings (SSSR count). The quantitative estimate of drug-likeness (QED) is 0.407. The van der Waals surface area contributed by atoms with Crippen LogP contribution in [0.4, 0.5) is 0 Å². The molecular formula is C6H13NO2. The van der Waals surface area contributed by atoms with Gasteiger partial charge in [-0.25, -0.2) is 0 Å². The molecule has 0 aromatic carbocycles. The molecule has 9 heavy (non-hydrogen) atoms. The summed E-state index contributed by atoms with van der Waals surface area (Å²) in [7, 11) is 1.52. The molecule has 1 saturated heterocycles. The molecule has 1 aliphatic rings. The van der Waals surface area contributed by atoms with Crippen molar-refractivity contribution in [3.63, 3.8) is 0 Å². The first-order valence-electron chi connectivity index (χ1n) is 3.27. The van der Waals surface area contributed by atoms with Gasteiger partial charge in [0.15, 0.2) is 6.29 Å². The molecule has 0 bridgehead atoms. The van der Waals surface area contributed by atoms with E-state index in [-0.39, 0.29) is 0 Å². The van der Waals surface area contributed by atoms with Crippen LogP contribution in [0.15, 0.2) is 0 Å². The fourth-order valence-electron chi connectivity index (χ4n) is 0.749. The average Bonchev–Trinajstić information content (AvgIpc) is 2.65. The highest BCUT2D eigenvalue weighted by atomic mass is 16.6. The fourth-order valence-corrected chi connectivity index (χ4v) is 0.749. The molecule has 1 fully saturated rings. The monoisotopic (exact) mass is 131 g/mol. The molecule has 1 heterocycles. The van der Waals surface area contributed by atoms with E-state index in [4.69, 9.17) is 5.11 Å². The van der Waals surface area contributed by atoms with Gasteiger partial charge in [-0.05, 0) is 12.8 Å². The number of aliphatic hydroxyl groups is 1. The summed E-state index contributed by atoms with van der Waals surface area (Å²) in [6.45, 7) is 1.11. The van der Waals surface area contributed by atoms with Gasteiger partial charge in [-0.3, -0.25) is 0 Å². The minimum Gasteiger partial charge on any atom is -0.368 e. The zero-order chi connectivity index (χ0) is 6.69. The van der Waals surface area contributed by atoms with E-state index in [1.165, 1.54) is 7.11 Å². The smallest absolute Gasteiger partial charge is 0.154 e. The number of hydrogen-bond donors (Lipinski definition) is 2. The fraction of sp³-hybridized carbons (Fsp3) is 1.00. The molecule has 2 atom stereocenters. The summed E-state index contributed by atoms with van der Waals surface area (Å²) in [5, 5.41) is 12.0. The molecule has 0 aromatic rings. The lowest BCUT2D eigenvalue weighted by Crippen LogP contribution is -2.10. The first-order valence-corrected chi connectivity index (χ1v) is 3.27. The van der Waals surface area contributed by atoms with Crippen LogP contribution in [0.3, 0.4) is 0 Å². The number of methoxy groups -OCH3 is 1. The number of aliphatic hydroxyl groups excluding tert-OH is 1. The summed E-state index contributed by atoms with van der Waals surface area (Å²) < 4.78 is 4.66. The molecule has 3 heteroatoms. The lowest BCUT2D eigenvalue weighted by Gasteiger charge is -2.05. The van der Waals surface area contributed by atoms with Gasteiger partial charge in [-0.15, -0.1) is 0 Å². The molecule has 0 aliphatic carbocycles. The highest BCUT2D eigenvalue weighted by Gasteiger charge is 2.20. The Kier molecular flexibility index (Phi) is 2.45. The Balaban J connectivity index is 1.90. The van der Waals surface area contributed by atoms with Crippen molar-refractivity contribution in [3.8, 4) is 0 Å². The predicted molar refractivity (Wildman–Crippen MR) is 34.0 cm³/mol. The summed E-state index contributed by atoms with van der Waals surface area (Å²) in [5.74, 6) is 0. The second kappa shape index (κ2) is 3.15. The molecule has 2 N–H and O–H groups in total. The van der Waals surface area contributed by atoms with Crippen molar-refractivity contribution in [1.82, 2.24) is 5.32 Å². The largest absolute Gasteiger partial charge is 0.368 e. The van der Waals surface area contributed by atoms with Gasteiger partial charge in [0.1, 0.15) is 0 Å². The molecule has 0 aromatic heterocycles. The highest BCUT2D eigenvalue weighted by molar-refractivity contribution is 4.82. The average molecular weight is 131 g/mol. The predicted octanol–water partition coefficient (Wildman–Crippen LogP) is -0.297. The van der Waals surface area contributed by atoms with Gasteiger partial charge >= 0.3 is 0 Å². The molecule has 0 saturated carbocycles. The summed E-state index contributed by atoms with van der Waals surface area (Å²) in [5.41, 5.74) is 0. The Morgan fingerprint density at radius 3 is 3.00 bits per heavy atom.